The molecule has 38 valence electrons. The highest BCUT2D eigenvalue weighted by molar-refractivity contribution is 7.78. The van der Waals surface area contributed by atoms with Gasteiger partial charge in [0.1, 0.15) is 0 Å². The van der Waals surface area contributed by atoms with Crippen molar-refractivity contribution in [3.8, 4) is 11.8 Å². The van der Waals surface area contributed by atoms with E-state index in [0.717, 1.165) is 12.8 Å². The standard InChI is InChI=1S/C6H8S/c1-2-3-4-5-6-7/h6H,4-5H2,1H3. The molecule has 0 fully saturated rings. The quantitative estimate of drug-likeness (QED) is 0.298. The van der Waals surface area contributed by atoms with Gasteiger partial charge < -0.3 is 0 Å². The smallest absolute Gasteiger partial charge is 0.0131 e. The molecular formula is C6H8S. The van der Waals surface area contributed by atoms with Gasteiger partial charge in [0.15, 0.2) is 0 Å². The van der Waals surface area contributed by atoms with Crippen molar-refractivity contribution in [1.29, 1.82) is 0 Å². The fourth-order valence-electron chi connectivity index (χ4n) is 0.256. The van der Waals surface area contributed by atoms with Gasteiger partial charge in [0, 0.05) is 6.42 Å². The van der Waals surface area contributed by atoms with Crippen LogP contribution in [-0.2, 0) is 0 Å². The third-order valence-electron chi connectivity index (χ3n) is 0.564. The largest absolute Gasteiger partial charge is 0.107 e. The summed E-state index contributed by atoms with van der Waals surface area (Å²) < 4.78 is 0. The predicted octanol–water partition coefficient (Wildman–Crippen LogP) is 1.79. The Kier molecular flexibility index (Phi) is 5.37. The van der Waals surface area contributed by atoms with Gasteiger partial charge in [-0.2, -0.15) is 0 Å². The number of rotatable bonds is 2. The normalized spacial score (nSPS) is 6.43. The zero-order valence-corrected chi connectivity index (χ0v) is 5.22. The van der Waals surface area contributed by atoms with Gasteiger partial charge in [-0.3, -0.25) is 0 Å². The van der Waals surface area contributed by atoms with Crippen LogP contribution in [0.3, 0.4) is 0 Å². The van der Waals surface area contributed by atoms with Crippen molar-refractivity contribution in [2.75, 3.05) is 0 Å². The summed E-state index contributed by atoms with van der Waals surface area (Å²) in [5.74, 6) is 5.69. The predicted molar refractivity (Wildman–Crippen MR) is 36.3 cm³/mol. The summed E-state index contributed by atoms with van der Waals surface area (Å²) in [6.45, 7) is 1.84. The van der Waals surface area contributed by atoms with Crippen LogP contribution in [0.2, 0.25) is 0 Å². The number of hydrogen-bond acceptors (Lipinski definition) is 1. The Morgan fingerprint density at radius 3 is 2.86 bits per heavy atom. The van der Waals surface area contributed by atoms with E-state index >= 15 is 0 Å². The van der Waals surface area contributed by atoms with Crippen LogP contribution < -0.4 is 0 Å². The third-order valence-corrected chi connectivity index (χ3v) is 0.800. The fourth-order valence-corrected chi connectivity index (χ4v) is 0.374. The van der Waals surface area contributed by atoms with Crippen LogP contribution in [0, 0.1) is 11.8 Å². The molecular weight excluding hydrogens is 104 g/mol. The van der Waals surface area contributed by atoms with Crippen LogP contribution >= 0.6 is 12.2 Å². The summed E-state index contributed by atoms with van der Waals surface area (Å²) >= 11 is 4.57. The minimum Gasteiger partial charge on any atom is -0.107 e. The summed E-state index contributed by atoms with van der Waals surface area (Å²) in [6, 6.07) is 0. The topological polar surface area (TPSA) is 0 Å². The SMILES string of the molecule is CC#CCCC=S. The van der Waals surface area contributed by atoms with Crippen molar-refractivity contribution < 1.29 is 0 Å². The van der Waals surface area contributed by atoms with Gasteiger partial charge in [0.05, 0.1) is 0 Å². The molecule has 0 amide bonds. The second-order valence-electron chi connectivity index (χ2n) is 1.13. The highest BCUT2D eigenvalue weighted by Crippen LogP contribution is 1.79. The number of unbranched alkanes of at least 4 members (excludes halogenated alkanes) is 1. The van der Waals surface area contributed by atoms with Crippen LogP contribution in [0.5, 0.6) is 0 Å². The van der Waals surface area contributed by atoms with Crippen LogP contribution in [0.1, 0.15) is 19.8 Å². The Hall–Kier alpha value is -0.350. The van der Waals surface area contributed by atoms with Crippen molar-refractivity contribution in [2.24, 2.45) is 0 Å². The van der Waals surface area contributed by atoms with Crippen molar-refractivity contribution in [1.82, 2.24) is 0 Å². The molecule has 1 heteroatoms. The molecule has 0 aliphatic rings. The Labute approximate surface area is 49.9 Å². The molecule has 0 aromatic heterocycles. The summed E-state index contributed by atoms with van der Waals surface area (Å²) in [7, 11) is 0. The van der Waals surface area contributed by atoms with E-state index in [1.54, 1.807) is 5.37 Å². The van der Waals surface area contributed by atoms with E-state index < -0.39 is 0 Å². The van der Waals surface area contributed by atoms with Gasteiger partial charge in [0.2, 0.25) is 0 Å². The number of thiocarbonyl (C=S) groups is 1. The molecule has 0 aromatic rings. The molecule has 0 aliphatic heterocycles. The highest BCUT2D eigenvalue weighted by Gasteiger charge is 1.69. The second-order valence-corrected chi connectivity index (χ2v) is 1.47. The molecule has 0 spiro atoms. The van der Waals surface area contributed by atoms with E-state index in [0.29, 0.717) is 0 Å². The van der Waals surface area contributed by atoms with Gasteiger partial charge in [-0.1, -0.05) is 12.2 Å². The van der Waals surface area contributed by atoms with Crippen LogP contribution in [0.15, 0.2) is 0 Å². The lowest BCUT2D eigenvalue weighted by Crippen LogP contribution is -1.66. The Bertz CT molecular complexity index is 94.5. The maximum atomic E-state index is 4.57. The van der Waals surface area contributed by atoms with Crippen LogP contribution in [-0.4, -0.2) is 5.37 Å². The van der Waals surface area contributed by atoms with Crippen molar-refractivity contribution in [3.63, 3.8) is 0 Å². The lowest BCUT2D eigenvalue weighted by Gasteiger charge is -1.73. The summed E-state index contributed by atoms with van der Waals surface area (Å²) in [5, 5.41) is 1.71. The average molecular weight is 112 g/mol. The summed E-state index contributed by atoms with van der Waals surface area (Å²) in [5.41, 5.74) is 0. The summed E-state index contributed by atoms with van der Waals surface area (Å²) in [4.78, 5) is 0. The maximum absolute atomic E-state index is 4.57. The average Bonchev–Trinajstić information content (AvgIpc) is 1.69. The molecule has 0 rings (SSSR count). The van der Waals surface area contributed by atoms with E-state index in [-0.39, 0.29) is 0 Å². The molecule has 0 aromatic carbocycles. The maximum Gasteiger partial charge on any atom is 0.0131 e. The van der Waals surface area contributed by atoms with Crippen molar-refractivity contribution >= 4 is 17.6 Å². The third kappa shape index (κ3) is 5.65. The molecule has 0 saturated carbocycles. The van der Waals surface area contributed by atoms with Gasteiger partial charge in [-0.05, 0) is 18.7 Å². The Morgan fingerprint density at radius 2 is 2.43 bits per heavy atom. The van der Waals surface area contributed by atoms with Crippen molar-refractivity contribution in [3.05, 3.63) is 0 Å². The van der Waals surface area contributed by atoms with E-state index in [1.807, 2.05) is 6.92 Å². The highest BCUT2D eigenvalue weighted by atomic mass is 32.1. The molecule has 0 heterocycles. The first kappa shape index (κ1) is 6.65. The molecule has 0 bridgehead atoms. The number of hydrogen-bond donors (Lipinski definition) is 0. The van der Waals surface area contributed by atoms with E-state index in [9.17, 15) is 0 Å². The van der Waals surface area contributed by atoms with E-state index in [2.05, 4.69) is 24.1 Å². The molecule has 0 aliphatic carbocycles. The Balaban J connectivity index is 2.92. The second kappa shape index (κ2) is 5.65. The first-order valence-corrected chi connectivity index (χ1v) is 2.72. The lowest BCUT2D eigenvalue weighted by molar-refractivity contribution is 1.17. The van der Waals surface area contributed by atoms with Gasteiger partial charge >= 0.3 is 0 Å². The van der Waals surface area contributed by atoms with Crippen LogP contribution in [0.4, 0.5) is 0 Å². The molecule has 7 heavy (non-hydrogen) atoms. The van der Waals surface area contributed by atoms with E-state index in [1.165, 1.54) is 0 Å². The molecule has 0 radical (unpaired) electrons. The molecule has 0 unspecified atom stereocenters. The molecule has 0 nitrogen and oxygen atoms in total. The zero-order valence-electron chi connectivity index (χ0n) is 4.40. The summed E-state index contributed by atoms with van der Waals surface area (Å²) in [6.07, 6.45) is 1.86. The molecule has 0 saturated heterocycles. The first-order valence-electron chi connectivity index (χ1n) is 2.25. The first-order chi connectivity index (χ1) is 3.41. The zero-order chi connectivity index (χ0) is 5.54. The van der Waals surface area contributed by atoms with Gasteiger partial charge in [-0.25, -0.2) is 0 Å². The lowest BCUT2D eigenvalue weighted by atomic mass is 10.3. The van der Waals surface area contributed by atoms with Gasteiger partial charge in [-0.15, -0.1) is 11.8 Å². The van der Waals surface area contributed by atoms with Crippen molar-refractivity contribution in [2.45, 2.75) is 19.8 Å². The molecule has 0 atom stereocenters. The fraction of sp³-hybridized carbons (Fsp3) is 0.500. The molecule has 0 N–H and O–H groups in total. The van der Waals surface area contributed by atoms with Crippen LogP contribution in [0.25, 0.3) is 0 Å². The van der Waals surface area contributed by atoms with Gasteiger partial charge in [0.25, 0.3) is 0 Å². The van der Waals surface area contributed by atoms with E-state index in [4.69, 9.17) is 0 Å². The minimum atomic E-state index is 0.917. The minimum absolute atomic E-state index is 0.917. The Morgan fingerprint density at radius 1 is 1.71 bits per heavy atom. The monoisotopic (exact) mass is 112 g/mol.